The number of nitrogens with zero attached hydrogens (tertiary/aromatic N) is 3. The molecule has 1 N–H and O–H groups in total. The summed E-state index contributed by atoms with van der Waals surface area (Å²) < 4.78 is 1.98. The Balaban J connectivity index is 1.50. The van der Waals surface area contributed by atoms with Crippen molar-refractivity contribution in [1.29, 1.82) is 0 Å². The molecular weight excluding hydrogens is 420 g/mol. The summed E-state index contributed by atoms with van der Waals surface area (Å²) in [6.07, 6.45) is 4.96. The van der Waals surface area contributed by atoms with E-state index in [-0.39, 0.29) is 11.8 Å². The Morgan fingerprint density at radius 1 is 1.12 bits per heavy atom. The molecule has 0 fully saturated rings. The smallest absolute Gasteiger partial charge is 0.251 e. The zero-order chi connectivity index (χ0) is 22.5. The lowest BCUT2D eigenvalue weighted by molar-refractivity contribution is 0.0951. The molecule has 0 saturated carbocycles. The van der Waals surface area contributed by atoms with Crippen LogP contribution in [-0.4, -0.2) is 20.7 Å². The summed E-state index contributed by atoms with van der Waals surface area (Å²) in [6.45, 7) is 5.63. The first-order valence-electron chi connectivity index (χ1n) is 10.9. The minimum Gasteiger partial charge on any atom is -0.348 e. The third-order valence-electron chi connectivity index (χ3n) is 5.94. The Hall–Kier alpha value is -3.18. The maximum Gasteiger partial charge on any atom is 0.251 e. The van der Waals surface area contributed by atoms with Crippen molar-refractivity contribution < 1.29 is 4.79 Å². The summed E-state index contributed by atoms with van der Waals surface area (Å²) in [4.78, 5) is 17.2. The first-order chi connectivity index (χ1) is 15.5. The highest BCUT2D eigenvalue weighted by Crippen LogP contribution is 2.28. The number of amides is 1. The molecule has 0 bridgehead atoms. The SMILES string of the molecule is CCC(C)C(Cn1cc2ccc(C(=O)NCc3cccc(Cl)c3)cc2n1)c1ccccn1. The van der Waals surface area contributed by atoms with Crippen molar-refractivity contribution in [1.82, 2.24) is 20.1 Å². The first-order valence-corrected chi connectivity index (χ1v) is 11.3. The predicted octanol–water partition coefficient (Wildman–Crippen LogP) is 5.84. The zero-order valence-electron chi connectivity index (χ0n) is 18.3. The maximum atomic E-state index is 12.7. The Kier molecular flexibility index (Phi) is 6.86. The van der Waals surface area contributed by atoms with Gasteiger partial charge in [0.25, 0.3) is 5.91 Å². The number of fused-ring (bicyclic) bond motifs is 1. The zero-order valence-corrected chi connectivity index (χ0v) is 19.1. The average molecular weight is 447 g/mol. The van der Waals surface area contributed by atoms with E-state index in [1.54, 1.807) is 0 Å². The standard InChI is InChI=1S/C26H27ClN4O/c1-3-18(2)23(24-9-4-5-12-28-24)17-31-16-21-11-10-20(14-25(21)30-31)26(32)29-15-19-7-6-8-22(27)13-19/h4-14,16,18,23H,3,15,17H2,1-2H3,(H,29,32). The van der Waals surface area contributed by atoms with Gasteiger partial charge in [-0.1, -0.05) is 56.1 Å². The lowest BCUT2D eigenvalue weighted by Gasteiger charge is -2.22. The van der Waals surface area contributed by atoms with Crippen LogP contribution in [0.5, 0.6) is 0 Å². The summed E-state index contributed by atoms with van der Waals surface area (Å²) in [7, 11) is 0. The van der Waals surface area contributed by atoms with Gasteiger partial charge >= 0.3 is 0 Å². The van der Waals surface area contributed by atoms with Gasteiger partial charge in [0.1, 0.15) is 0 Å². The van der Waals surface area contributed by atoms with E-state index in [9.17, 15) is 4.79 Å². The van der Waals surface area contributed by atoms with Gasteiger partial charge in [0, 0.05) is 53.1 Å². The van der Waals surface area contributed by atoms with Crippen molar-refractivity contribution in [2.45, 2.75) is 39.3 Å². The molecule has 4 aromatic rings. The number of halogens is 1. The van der Waals surface area contributed by atoms with Gasteiger partial charge in [-0.2, -0.15) is 5.10 Å². The number of hydrogen-bond donors (Lipinski definition) is 1. The van der Waals surface area contributed by atoms with Crippen molar-refractivity contribution in [3.05, 3.63) is 94.9 Å². The molecule has 32 heavy (non-hydrogen) atoms. The highest BCUT2D eigenvalue weighted by Gasteiger charge is 2.20. The van der Waals surface area contributed by atoms with Gasteiger partial charge in [-0.25, -0.2) is 0 Å². The highest BCUT2D eigenvalue weighted by atomic mass is 35.5. The molecule has 6 heteroatoms. The number of benzene rings is 2. The molecule has 2 unspecified atom stereocenters. The number of hydrogen-bond acceptors (Lipinski definition) is 3. The largest absolute Gasteiger partial charge is 0.348 e. The molecule has 4 rings (SSSR count). The summed E-state index contributed by atoms with van der Waals surface area (Å²) in [6, 6.07) is 19.2. The van der Waals surface area contributed by atoms with Crippen molar-refractivity contribution in [3.8, 4) is 0 Å². The molecule has 2 aromatic carbocycles. The molecule has 2 atom stereocenters. The number of aromatic nitrogens is 3. The molecule has 0 aliphatic rings. The van der Waals surface area contributed by atoms with E-state index in [1.165, 1.54) is 0 Å². The Morgan fingerprint density at radius 2 is 2.00 bits per heavy atom. The molecule has 164 valence electrons. The first kappa shape index (κ1) is 22.0. The van der Waals surface area contributed by atoms with Crippen LogP contribution >= 0.6 is 11.6 Å². The fraction of sp³-hybridized carbons (Fsp3) is 0.269. The second kappa shape index (κ2) is 9.96. The van der Waals surface area contributed by atoms with Crippen LogP contribution < -0.4 is 5.32 Å². The summed E-state index contributed by atoms with van der Waals surface area (Å²) in [5.41, 5.74) is 3.45. The topological polar surface area (TPSA) is 59.8 Å². The second-order valence-electron chi connectivity index (χ2n) is 8.18. The van der Waals surface area contributed by atoms with E-state index in [2.05, 4.69) is 30.2 Å². The molecule has 1 amide bonds. The van der Waals surface area contributed by atoms with Crippen molar-refractivity contribution in [2.24, 2.45) is 5.92 Å². The van der Waals surface area contributed by atoms with Crippen LogP contribution in [0.1, 0.15) is 47.8 Å². The molecule has 2 aromatic heterocycles. The lowest BCUT2D eigenvalue weighted by atomic mass is 9.88. The van der Waals surface area contributed by atoms with Crippen LogP contribution in [0.3, 0.4) is 0 Å². The second-order valence-corrected chi connectivity index (χ2v) is 8.62. The Morgan fingerprint density at radius 3 is 2.75 bits per heavy atom. The number of carbonyl (C=O) groups is 1. The Labute approximate surface area is 193 Å². The van der Waals surface area contributed by atoms with Crippen LogP contribution in [0.4, 0.5) is 0 Å². The van der Waals surface area contributed by atoms with Crippen LogP contribution in [0.25, 0.3) is 10.9 Å². The van der Waals surface area contributed by atoms with E-state index < -0.39 is 0 Å². The van der Waals surface area contributed by atoms with Gasteiger partial charge in [0.2, 0.25) is 0 Å². The van der Waals surface area contributed by atoms with E-state index in [0.29, 0.717) is 23.0 Å². The van der Waals surface area contributed by atoms with Gasteiger partial charge in [0.15, 0.2) is 0 Å². The van der Waals surface area contributed by atoms with Crippen LogP contribution in [0, 0.1) is 5.92 Å². The summed E-state index contributed by atoms with van der Waals surface area (Å²) >= 11 is 6.02. The summed E-state index contributed by atoms with van der Waals surface area (Å²) in [5.74, 6) is 0.619. The minimum atomic E-state index is -0.132. The molecule has 0 aliphatic carbocycles. The van der Waals surface area contributed by atoms with Crippen LogP contribution in [0.2, 0.25) is 5.02 Å². The number of pyridine rings is 1. The molecular formula is C26H27ClN4O. The molecule has 2 heterocycles. The third kappa shape index (κ3) is 5.17. The van der Waals surface area contributed by atoms with E-state index in [0.717, 1.165) is 35.1 Å². The molecule has 0 aliphatic heterocycles. The van der Waals surface area contributed by atoms with Crippen molar-refractivity contribution >= 4 is 28.4 Å². The van der Waals surface area contributed by atoms with Crippen molar-refractivity contribution in [3.63, 3.8) is 0 Å². The van der Waals surface area contributed by atoms with Gasteiger partial charge in [-0.15, -0.1) is 0 Å². The normalized spacial score (nSPS) is 13.1. The minimum absolute atomic E-state index is 0.132. The number of carbonyl (C=O) groups excluding carboxylic acids is 1. The van der Waals surface area contributed by atoms with E-state index >= 15 is 0 Å². The molecule has 0 saturated heterocycles. The fourth-order valence-corrected chi connectivity index (χ4v) is 4.09. The van der Waals surface area contributed by atoms with Crippen molar-refractivity contribution in [2.75, 3.05) is 0 Å². The lowest BCUT2D eigenvalue weighted by Crippen LogP contribution is -2.22. The predicted molar refractivity (Wildman–Crippen MR) is 129 cm³/mol. The monoisotopic (exact) mass is 446 g/mol. The van der Waals surface area contributed by atoms with Crippen LogP contribution in [0.15, 0.2) is 73.1 Å². The summed E-state index contributed by atoms with van der Waals surface area (Å²) in [5, 5.41) is 9.38. The third-order valence-corrected chi connectivity index (χ3v) is 6.18. The molecule has 0 spiro atoms. The van der Waals surface area contributed by atoms with Gasteiger partial charge in [-0.3, -0.25) is 14.5 Å². The maximum absolute atomic E-state index is 12.7. The quantitative estimate of drug-likeness (QED) is 0.369. The Bertz CT molecular complexity index is 1200. The fourth-order valence-electron chi connectivity index (χ4n) is 3.88. The molecule has 5 nitrogen and oxygen atoms in total. The number of nitrogens with one attached hydrogen (secondary N) is 1. The average Bonchev–Trinajstić information content (AvgIpc) is 3.23. The highest BCUT2D eigenvalue weighted by molar-refractivity contribution is 6.30. The van der Waals surface area contributed by atoms with E-state index in [4.69, 9.17) is 16.7 Å². The van der Waals surface area contributed by atoms with Gasteiger partial charge in [-0.05, 0) is 47.9 Å². The molecule has 0 radical (unpaired) electrons. The van der Waals surface area contributed by atoms with Crippen LogP contribution in [-0.2, 0) is 13.1 Å². The number of rotatable bonds is 8. The van der Waals surface area contributed by atoms with Gasteiger partial charge < -0.3 is 5.32 Å². The van der Waals surface area contributed by atoms with E-state index in [1.807, 2.05) is 71.7 Å². The van der Waals surface area contributed by atoms with Gasteiger partial charge in [0.05, 0.1) is 5.52 Å².